The van der Waals surface area contributed by atoms with Crippen molar-refractivity contribution in [1.29, 1.82) is 0 Å². The normalized spacial score (nSPS) is 9.92. The first-order valence-electron chi connectivity index (χ1n) is 8.06. The Morgan fingerprint density at radius 2 is 1.54 bits per heavy atom. The fourth-order valence-electron chi connectivity index (χ4n) is 2.12. The van der Waals surface area contributed by atoms with Crippen LogP contribution in [-0.2, 0) is 9.59 Å². The molecule has 0 radical (unpaired) electrons. The number of benzene rings is 2. The van der Waals surface area contributed by atoms with Crippen molar-refractivity contribution >= 4 is 17.7 Å². The van der Waals surface area contributed by atoms with E-state index in [1.165, 1.54) is 0 Å². The van der Waals surface area contributed by atoms with Crippen molar-refractivity contribution in [2.45, 2.75) is 13.8 Å². The second-order valence-electron chi connectivity index (χ2n) is 5.75. The van der Waals surface area contributed by atoms with Crippen LogP contribution in [0.2, 0.25) is 0 Å². The minimum Gasteiger partial charge on any atom is -0.484 e. The van der Waals surface area contributed by atoms with Crippen LogP contribution in [0.1, 0.15) is 21.5 Å². The van der Waals surface area contributed by atoms with Gasteiger partial charge in [-0.1, -0.05) is 29.8 Å². The van der Waals surface area contributed by atoms with Gasteiger partial charge >= 0.3 is 0 Å². The molecule has 0 bridgehead atoms. The van der Waals surface area contributed by atoms with Crippen molar-refractivity contribution in [3.8, 4) is 5.75 Å². The Hall–Kier alpha value is -3.35. The van der Waals surface area contributed by atoms with Gasteiger partial charge in [0.1, 0.15) is 5.75 Å². The third-order valence-corrected chi connectivity index (χ3v) is 3.39. The van der Waals surface area contributed by atoms with Crippen LogP contribution >= 0.6 is 0 Å². The average molecular weight is 355 g/mol. The van der Waals surface area contributed by atoms with Gasteiger partial charge < -0.3 is 10.1 Å². The van der Waals surface area contributed by atoms with Crippen molar-refractivity contribution < 1.29 is 19.1 Å². The summed E-state index contributed by atoms with van der Waals surface area (Å²) < 4.78 is 5.32. The molecule has 2 rings (SSSR count). The summed E-state index contributed by atoms with van der Waals surface area (Å²) in [5, 5.41) is 2.48. The zero-order valence-corrected chi connectivity index (χ0v) is 14.7. The van der Waals surface area contributed by atoms with Crippen LogP contribution in [0.3, 0.4) is 0 Å². The van der Waals surface area contributed by atoms with Gasteiger partial charge in [-0.05, 0) is 43.7 Å². The van der Waals surface area contributed by atoms with Gasteiger partial charge in [-0.25, -0.2) is 0 Å². The maximum atomic E-state index is 11.9. The summed E-state index contributed by atoms with van der Waals surface area (Å²) in [6.07, 6.45) is 0. The first-order chi connectivity index (χ1) is 12.4. The third kappa shape index (κ3) is 6.27. The predicted molar refractivity (Wildman–Crippen MR) is 96.5 cm³/mol. The Labute approximate surface area is 151 Å². The molecule has 3 N–H and O–H groups in total. The molecule has 0 aliphatic heterocycles. The average Bonchev–Trinajstić information content (AvgIpc) is 2.62. The van der Waals surface area contributed by atoms with E-state index in [2.05, 4.69) is 16.2 Å². The van der Waals surface area contributed by atoms with Gasteiger partial charge in [-0.3, -0.25) is 25.2 Å². The molecular formula is C19H21N3O4. The molecule has 7 nitrogen and oxygen atoms in total. The standard InChI is InChI=1S/C19H21N3O4/c1-13-5-3-7-15(9-13)19(25)20-11-17(23)21-22-18(24)12-26-16-8-4-6-14(2)10-16/h3-10H,11-12H2,1-2H3,(H,20,25)(H,21,23)(H,22,24). The quantitative estimate of drug-likeness (QED) is 0.680. The Balaban J connectivity index is 1.68. The lowest BCUT2D eigenvalue weighted by atomic mass is 10.1. The maximum absolute atomic E-state index is 11.9. The molecule has 26 heavy (non-hydrogen) atoms. The molecule has 0 spiro atoms. The molecule has 2 aromatic rings. The Morgan fingerprint density at radius 3 is 2.23 bits per heavy atom. The Morgan fingerprint density at radius 1 is 0.885 bits per heavy atom. The van der Waals surface area contributed by atoms with Crippen LogP contribution in [0.25, 0.3) is 0 Å². The van der Waals surface area contributed by atoms with E-state index < -0.39 is 11.8 Å². The zero-order valence-electron chi connectivity index (χ0n) is 14.7. The van der Waals surface area contributed by atoms with Crippen LogP contribution in [0.4, 0.5) is 0 Å². The highest BCUT2D eigenvalue weighted by molar-refractivity contribution is 5.96. The monoisotopic (exact) mass is 355 g/mol. The van der Waals surface area contributed by atoms with E-state index in [0.29, 0.717) is 11.3 Å². The highest BCUT2D eigenvalue weighted by Gasteiger charge is 2.09. The molecule has 2 aromatic carbocycles. The van der Waals surface area contributed by atoms with Gasteiger partial charge in [0.25, 0.3) is 17.7 Å². The van der Waals surface area contributed by atoms with Gasteiger partial charge in [0.05, 0.1) is 6.54 Å². The summed E-state index contributed by atoms with van der Waals surface area (Å²) in [5.41, 5.74) is 6.87. The van der Waals surface area contributed by atoms with Crippen LogP contribution in [0, 0.1) is 13.8 Å². The summed E-state index contributed by atoms with van der Waals surface area (Å²) in [6, 6.07) is 14.3. The highest BCUT2D eigenvalue weighted by atomic mass is 16.5. The first-order valence-corrected chi connectivity index (χ1v) is 8.06. The number of amides is 3. The molecule has 0 unspecified atom stereocenters. The summed E-state index contributed by atoms with van der Waals surface area (Å²) in [6.45, 7) is 3.29. The van der Waals surface area contributed by atoms with Crippen molar-refractivity contribution in [1.82, 2.24) is 16.2 Å². The van der Waals surface area contributed by atoms with Gasteiger partial charge in [0.15, 0.2) is 6.61 Å². The van der Waals surface area contributed by atoms with E-state index in [4.69, 9.17) is 4.74 Å². The SMILES string of the molecule is Cc1cccc(OCC(=O)NNC(=O)CNC(=O)c2cccc(C)c2)c1. The molecule has 3 amide bonds. The number of nitrogens with one attached hydrogen (secondary N) is 3. The lowest BCUT2D eigenvalue weighted by molar-refractivity contribution is -0.129. The fourth-order valence-corrected chi connectivity index (χ4v) is 2.12. The third-order valence-electron chi connectivity index (χ3n) is 3.39. The van der Waals surface area contributed by atoms with Crippen molar-refractivity contribution in [3.63, 3.8) is 0 Å². The zero-order chi connectivity index (χ0) is 18.9. The van der Waals surface area contributed by atoms with E-state index in [9.17, 15) is 14.4 Å². The highest BCUT2D eigenvalue weighted by Crippen LogP contribution is 2.11. The number of rotatable bonds is 6. The summed E-state index contributed by atoms with van der Waals surface area (Å²) in [4.78, 5) is 35.3. The van der Waals surface area contributed by atoms with E-state index in [1.807, 2.05) is 32.0 Å². The number of carbonyl (C=O) groups is 3. The molecule has 0 heterocycles. The van der Waals surface area contributed by atoms with Crippen molar-refractivity contribution in [2.75, 3.05) is 13.2 Å². The van der Waals surface area contributed by atoms with Gasteiger partial charge in [-0.2, -0.15) is 0 Å². The number of aryl methyl sites for hydroxylation is 2. The maximum Gasteiger partial charge on any atom is 0.276 e. The molecular weight excluding hydrogens is 334 g/mol. The van der Waals surface area contributed by atoms with E-state index in [-0.39, 0.29) is 19.1 Å². The molecule has 0 atom stereocenters. The van der Waals surface area contributed by atoms with Crippen LogP contribution in [0.5, 0.6) is 5.75 Å². The molecule has 0 fully saturated rings. The van der Waals surface area contributed by atoms with E-state index >= 15 is 0 Å². The molecule has 7 heteroatoms. The second kappa shape index (κ2) is 9.22. The Bertz CT molecular complexity index is 805. The lowest BCUT2D eigenvalue weighted by Gasteiger charge is -2.10. The minimum absolute atomic E-state index is 0.237. The molecule has 0 saturated carbocycles. The number of hydrogen-bond acceptors (Lipinski definition) is 4. The van der Waals surface area contributed by atoms with Gasteiger partial charge in [0, 0.05) is 5.56 Å². The summed E-state index contributed by atoms with van der Waals surface area (Å²) in [7, 11) is 0. The lowest BCUT2D eigenvalue weighted by Crippen LogP contribution is -2.47. The molecule has 0 aliphatic carbocycles. The fraction of sp³-hybridized carbons (Fsp3) is 0.211. The van der Waals surface area contributed by atoms with Crippen molar-refractivity contribution in [2.24, 2.45) is 0 Å². The van der Waals surface area contributed by atoms with E-state index in [1.54, 1.807) is 30.3 Å². The number of hydrogen-bond donors (Lipinski definition) is 3. The molecule has 0 aromatic heterocycles. The topological polar surface area (TPSA) is 96.5 Å². The minimum atomic E-state index is -0.546. The largest absolute Gasteiger partial charge is 0.484 e. The van der Waals surface area contributed by atoms with Gasteiger partial charge in [-0.15, -0.1) is 0 Å². The second-order valence-corrected chi connectivity index (χ2v) is 5.75. The summed E-state index contributed by atoms with van der Waals surface area (Å²) in [5.74, 6) is -0.852. The predicted octanol–water partition coefficient (Wildman–Crippen LogP) is 1.26. The van der Waals surface area contributed by atoms with Crippen LogP contribution < -0.4 is 20.9 Å². The Kier molecular flexibility index (Phi) is 6.73. The number of ether oxygens (including phenoxy) is 1. The van der Waals surface area contributed by atoms with Gasteiger partial charge in [0.2, 0.25) is 0 Å². The first kappa shape index (κ1) is 19.0. The molecule has 136 valence electrons. The molecule has 0 aliphatic rings. The molecule has 0 saturated heterocycles. The van der Waals surface area contributed by atoms with Crippen molar-refractivity contribution in [3.05, 3.63) is 65.2 Å². The number of carbonyl (C=O) groups excluding carboxylic acids is 3. The van der Waals surface area contributed by atoms with Crippen LogP contribution in [0.15, 0.2) is 48.5 Å². The van der Waals surface area contributed by atoms with E-state index in [0.717, 1.165) is 11.1 Å². The summed E-state index contributed by atoms with van der Waals surface area (Å²) >= 11 is 0. The number of hydrazine groups is 1. The smallest absolute Gasteiger partial charge is 0.276 e. The van der Waals surface area contributed by atoms with Crippen LogP contribution in [-0.4, -0.2) is 30.9 Å².